The summed E-state index contributed by atoms with van der Waals surface area (Å²) >= 11 is 0. The molecule has 4 nitrogen and oxygen atoms in total. The van der Waals surface area contributed by atoms with Crippen LogP contribution in [0.25, 0.3) is 11.0 Å². The van der Waals surface area contributed by atoms with Crippen LogP contribution in [0.15, 0.2) is 51.8 Å². The van der Waals surface area contributed by atoms with Gasteiger partial charge < -0.3 is 4.42 Å². The first-order chi connectivity index (χ1) is 14.2. The first-order valence-corrected chi connectivity index (χ1v) is 12.4. The standard InChI is InChI=1S/C25H31NO3S/c1-5-17-7-11-20(12-8-17)30(27,28)26-19-10-14-24-22(16-19)21-15-18(25(3,4)6-2)9-13-23(21)29-24/h7-8,10-12,14,16,18,26H,5-6,9,13,15H2,1-4H3. The highest BCUT2D eigenvalue weighted by atomic mass is 32.2. The predicted molar refractivity (Wildman–Crippen MR) is 122 cm³/mol. The molecule has 0 aliphatic heterocycles. The van der Waals surface area contributed by atoms with Crippen LogP contribution in [-0.2, 0) is 29.3 Å². The van der Waals surface area contributed by atoms with Crippen molar-refractivity contribution in [3.63, 3.8) is 0 Å². The minimum atomic E-state index is -3.63. The van der Waals surface area contributed by atoms with Crippen molar-refractivity contribution in [3.05, 3.63) is 59.4 Å². The van der Waals surface area contributed by atoms with E-state index in [4.69, 9.17) is 4.42 Å². The average Bonchev–Trinajstić information content (AvgIpc) is 3.10. The summed E-state index contributed by atoms with van der Waals surface area (Å²) < 4.78 is 34.6. The summed E-state index contributed by atoms with van der Waals surface area (Å²) in [5.41, 5.74) is 4.05. The molecule has 0 fully saturated rings. The van der Waals surface area contributed by atoms with Crippen LogP contribution in [0.1, 0.15) is 57.4 Å². The summed E-state index contributed by atoms with van der Waals surface area (Å²) in [6.45, 7) is 8.99. The number of sulfonamides is 1. The number of hydrogen-bond donors (Lipinski definition) is 1. The molecule has 160 valence electrons. The molecule has 0 radical (unpaired) electrons. The normalized spacial score (nSPS) is 17.1. The van der Waals surface area contributed by atoms with E-state index in [9.17, 15) is 8.42 Å². The van der Waals surface area contributed by atoms with E-state index in [-0.39, 0.29) is 10.3 Å². The Bertz CT molecular complexity index is 1160. The molecular weight excluding hydrogens is 394 g/mol. The van der Waals surface area contributed by atoms with Gasteiger partial charge in [-0.25, -0.2) is 8.42 Å². The van der Waals surface area contributed by atoms with Gasteiger partial charge in [0.15, 0.2) is 0 Å². The molecule has 3 aromatic rings. The summed E-state index contributed by atoms with van der Waals surface area (Å²) in [6.07, 6.45) is 5.10. The Morgan fingerprint density at radius 1 is 1.10 bits per heavy atom. The van der Waals surface area contributed by atoms with Crippen molar-refractivity contribution in [1.29, 1.82) is 0 Å². The minimum absolute atomic E-state index is 0.277. The highest BCUT2D eigenvalue weighted by molar-refractivity contribution is 7.92. The summed E-state index contributed by atoms with van der Waals surface area (Å²) in [6, 6.07) is 12.6. The van der Waals surface area contributed by atoms with Gasteiger partial charge in [0.1, 0.15) is 11.3 Å². The number of nitrogens with one attached hydrogen (secondary N) is 1. The van der Waals surface area contributed by atoms with Gasteiger partial charge in [-0.3, -0.25) is 4.72 Å². The van der Waals surface area contributed by atoms with Gasteiger partial charge in [0.25, 0.3) is 10.0 Å². The first-order valence-electron chi connectivity index (χ1n) is 10.9. The lowest BCUT2D eigenvalue weighted by atomic mass is 9.69. The van der Waals surface area contributed by atoms with E-state index in [1.165, 1.54) is 5.56 Å². The van der Waals surface area contributed by atoms with Crippen molar-refractivity contribution in [2.75, 3.05) is 4.72 Å². The topological polar surface area (TPSA) is 59.3 Å². The first kappa shape index (κ1) is 21.0. The van der Waals surface area contributed by atoms with Gasteiger partial charge in [-0.2, -0.15) is 0 Å². The van der Waals surface area contributed by atoms with Crippen LogP contribution in [0, 0.1) is 11.3 Å². The quantitative estimate of drug-likeness (QED) is 0.501. The van der Waals surface area contributed by atoms with Crippen molar-refractivity contribution in [2.24, 2.45) is 11.3 Å². The molecule has 1 aliphatic rings. The van der Waals surface area contributed by atoms with E-state index >= 15 is 0 Å². The molecule has 1 aliphatic carbocycles. The Morgan fingerprint density at radius 2 is 1.83 bits per heavy atom. The van der Waals surface area contributed by atoms with E-state index in [0.29, 0.717) is 11.6 Å². The van der Waals surface area contributed by atoms with Crippen LogP contribution in [0.2, 0.25) is 0 Å². The molecule has 30 heavy (non-hydrogen) atoms. The Labute approximate surface area is 179 Å². The maximum absolute atomic E-state index is 12.9. The number of aryl methyl sites for hydroxylation is 2. The molecule has 1 heterocycles. The third kappa shape index (κ3) is 3.87. The highest BCUT2D eigenvalue weighted by Crippen LogP contribution is 2.43. The van der Waals surface area contributed by atoms with E-state index in [0.717, 1.165) is 54.4 Å². The highest BCUT2D eigenvalue weighted by Gasteiger charge is 2.33. The maximum atomic E-state index is 12.9. The molecule has 0 saturated heterocycles. The average molecular weight is 426 g/mol. The lowest BCUT2D eigenvalue weighted by Gasteiger charge is -2.36. The second-order valence-electron chi connectivity index (χ2n) is 9.10. The van der Waals surface area contributed by atoms with E-state index in [1.54, 1.807) is 18.2 Å². The lowest BCUT2D eigenvalue weighted by Crippen LogP contribution is -2.28. The van der Waals surface area contributed by atoms with Gasteiger partial charge in [-0.15, -0.1) is 0 Å². The molecule has 0 spiro atoms. The maximum Gasteiger partial charge on any atom is 0.261 e. The van der Waals surface area contributed by atoms with Crippen LogP contribution >= 0.6 is 0 Å². The Balaban J connectivity index is 1.64. The molecule has 1 atom stereocenters. The second-order valence-corrected chi connectivity index (χ2v) is 10.8. The lowest BCUT2D eigenvalue weighted by molar-refractivity contribution is 0.179. The van der Waals surface area contributed by atoms with Gasteiger partial charge in [-0.05, 0) is 66.5 Å². The Hall–Kier alpha value is -2.27. The number of benzene rings is 2. The molecule has 5 heteroatoms. The zero-order chi connectivity index (χ0) is 21.5. The third-order valence-electron chi connectivity index (χ3n) is 6.96. The summed E-state index contributed by atoms with van der Waals surface area (Å²) in [4.78, 5) is 0.277. The number of rotatable bonds is 6. The van der Waals surface area contributed by atoms with Crippen molar-refractivity contribution in [2.45, 2.75) is 64.7 Å². The van der Waals surface area contributed by atoms with Crippen LogP contribution in [0.4, 0.5) is 5.69 Å². The molecule has 1 aromatic heterocycles. The molecule has 0 saturated carbocycles. The summed E-state index contributed by atoms with van der Waals surface area (Å²) in [5, 5.41) is 1.03. The smallest absolute Gasteiger partial charge is 0.261 e. The number of hydrogen-bond acceptors (Lipinski definition) is 3. The molecule has 4 rings (SSSR count). The van der Waals surface area contributed by atoms with E-state index < -0.39 is 10.0 Å². The number of fused-ring (bicyclic) bond motifs is 3. The van der Waals surface area contributed by atoms with Crippen molar-refractivity contribution < 1.29 is 12.8 Å². The minimum Gasteiger partial charge on any atom is -0.461 e. The van der Waals surface area contributed by atoms with E-state index in [1.807, 2.05) is 24.3 Å². The Kier molecular flexibility index (Phi) is 5.43. The molecular formula is C25H31NO3S. The monoisotopic (exact) mass is 425 g/mol. The van der Waals surface area contributed by atoms with Gasteiger partial charge in [-0.1, -0.05) is 46.2 Å². The zero-order valence-electron chi connectivity index (χ0n) is 18.3. The molecule has 2 aromatic carbocycles. The molecule has 1 N–H and O–H groups in total. The summed E-state index contributed by atoms with van der Waals surface area (Å²) in [7, 11) is -3.63. The van der Waals surface area contributed by atoms with Gasteiger partial charge in [0, 0.05) is 23.1 Å². The van der Waals surface area contributed by atoms with Crippen LogP contribution in [0.5, 0.6) is 0 Å². The van der Waals surface area contributed by atoms with Crippen LogP contribution < -0.4 is 4.72 Å². The molecule has 0 amide bonds. The van der Waals surface area contributed by atoms with E-state index in [2.05, 4.69) is 32.4 Å². The molecule has 1 unspecified atom stereocenters. The van der Waals surface area contributed by atoms with Crippen molar-refractivity contribution in [1.82, 2.24) is 0 Å². The number of furan rings is 1. The third-order valence-corrected chi connectivity index (χ3v) is 8.35. The SMILES string of the molecule is CCc1ccc(S(=O)(=O)Nc2ccc3oc4c(c3c2)CC(C(C)(C)CC)CC4)cc1. The second kappa shape index (κ2) is 7.77. The zero-order valence-corrected chi connectivity index (χ0v) is 19.1. The van der Waals surface area contributed by atoms with Crippen LogP contribution in [0.3, 0.4) is 0 Å². The predicted octanol–water partition coefficient (Wildman–Crippen LogP) is 6.34. The van der Waals surface area contributed by atoms with Gasteiger partial charge >= 0.3 is 0 Å². The summed E-state index contributed by atoms with van der Waals surface area (Å²) in [5.74, 6) is 1.66. The number of anilines is 1. The van der Waals surface area contributed by atoms with Gasteiger partial charge in [0.2, 0.25) is 0 Å². The molecule has 0 bridgehead atoms. The fourth-order valence-electron chi connectivity index (χ4n) is 4.42. The van der Waals surface area contributed by atoms with Gasteiger partial charge in [0.05, 0.1) is 4.90 Å². The largest absolute Gasteiger partial charge is 0.461 e. The van der Waals surface area contributed by atoms with Crippen molar-refractivity contribution >= 4 is 26.7 Å². The fraction of sp³-hybridized carbons (Fsp3) is 0.440. The Morgan fingerprint density at radius 3 is 2.50 bits per heavy atom. The van der Waals surface area contributed by atoms with Crippen LogP contribution in [-0.4, -0.2) is 8.42 Å². The van der Waals surface area contributed by atoms with Crippen molar-refractivity contribution in [3.8, 4) is 0 Å². The fourth-order valence-corrected chi connectivity index (χ4v) is 5.47.